The minimum Gasteiger partial charge on any atom is -0.497 e. The lowest BCUT2D eigenvalue weighted by atomic mass is 10.2. The number of aliphatic hydroxyl groups excluding tert-OH is 1. The summed E-state index contributed by atoms with van der Waals surface area (Å²) in [4.78, 5) is 23.2. The lowest BCUT2D eigenvalue weighted by molar-refractivity contribution is 0.0258. The minimum absolute atomic E-state index is 0.146. The van der Waals surface area contributed by atoms with Crippen LogP contribution in [0.4, 0.5) is 10.5 Å². The van der Waals surface area contributed by atoms with Gasteiger partial charge in [-0.05, 0) is 48.5 Å². The smallest absolute Gasteiger partial charge is 0.411 e. The average Bonchev–Trinajstić information content (AvgIpc) is 2.78. The Morgan fingerprint density at radius 1 is 1.00 bits per heavy atom. The molecule has 0 fully saturated rings. The monoisotopic (exact) mass is 418 g/mol. The molecule has 162 valence electrons. The van der Waals surface area contributed by atoms with Gasteiger partial charge in [0.05, 0.1) is 19.8 Å². The molecule has 1 atom stereocenters. The number of carbonyl (C=O) groups excluding carboxylic acids is 2. The van der Waals surface area contributed by atoms with Gasteiger partial charge in [-0.2, -0.15) is 0 Å². The molecule has 1 unspecified atom stereocenters. The van der Waals surface area contributed by atoms with E-state index in [1.807, 2.05) is 24.3 Å². The maximum absolute atomic E-state index is 12.0. The minimum atomic E-state index is -0.852. The number of hydrogen-bond donors (Lipinski definition) is 3. The summed E-state index contributed by atoms with van der Waals surface area (Å²) in [6, 6.07) is 13.4. The van der Waals surface area contributed by atoms with Crippen molar-refractivity contribution in [3.05, 3.63) is 54.1 Å². The van der Waals surface area contributed by atoms with Gasteiger partial charge in [0.25, 0.3) is 0 Å². The van der Waals surface area contributed by atoms with Crippen LogP contribution in [-0.2, 0) is 9.47 Å². The van der Waals surface area contributed by atoms with Crippen molar-refractivity contribution in [2.24, 2.45) is 0 Å². The first-order valence-electron chi connectivity index (χ1n) is 9.29. The molecule has 2 rings (SSSR count). The molecular weight excluding hydrogens is 392 g/mol. The first-order valence-corrected chi connectivity index (χ1v) is 9.29. The Labute approximate surface area is 174 Å². The molecule has 0 aliphatic rings. The highest BCUT2D eigenvalue weighted by atomic mass is 16.5. The molecule has 9 nitrogen and oxygen atoms in total. The molecule has 0 saturated heterocycles. The summed E-state index contributed by atoms with van der Waals surface area (Å²) in [5, 5.41) is 15.4. The third kappa shape index (κ3) is 7.98. The molecule has 0 aromatic heterocycles. The zero-order valence-electron chi connectivity index (χ0n) is 16.9. The van der Waals surface area contributed by atoms with Crippen LogP contribution in [0.2, 0.25) is 0 Å². The Morgan fingerprint density at radius 2 is 1.67 bits per heavy atom. The van der Waals surface area contributed by atoms with E-state index in [0.717, 1.165) is 11.5 Å². The zero-order chi connectivity index (χ0) is 21.8. The number of nitrogens with one attached hydrogen (secondary N) is 2. The molecule has 3 N–H and O–H groups in total. The predicted octanol–water partition coefficient (Wildman–Crippen LogP) is 2.06. The molecule has 2 aromatic rings. The second kappa shape index (κ2) is 12.3. The van der Waals surface area contributed by atoms with Gasteiger partial charge in [-0.25, -0.2) is 9.59 Å². The molecule has 9 heteroatoms. The lowest BCUT2D eigenvalue weighted by Crippen LogP contribution is -2.33. The topological polar surface area (TPSA) is 115 Å². The summed E-state index contributed by atoms with van der Waals surface area (Å²) < 4.78 is 20.2. The highest BCUT2D eigenvalue weighted by Gasteiger charge is 2.11. The maximum Gasteiger partial charge on any atom is 0.411 e. The van der Waals surface area contributed by atoms with Gasteiger partial charge in [0.1, 0.15) is 30.8 Å². The van der Waals surface area contributed by atoms with Crippen LogP contribution in [-0.4, -0.2) is 63.8 Å². The van der Waals surface area contributed by atoms with Crippen molar-refractivity contribution in [2.45, 2.75) is 6.10 Å². The molecule has 0 radical (unpaired) electrons. The fourth-order valence-electron chi connectivity index (χ4n) is 2.35. The van der Waals surface area contributed by atoms with Crippen molar-refractivity contribution in [1.82, 2.24) is 5.32 Å². The van der Waals surface area contributed by atoms with E-state index >= 15 is 0 Å². The molecule has 0 bridgehead atoms. The first-order chi connectivity index (χ1) is 14.5. The van der Waals surface area contributed by atoms with E-state index in [0.29, 0.717) is 24.4 Å². The Morgan fingerprint density at radius 3 is 2.30 bits per heavy atom. The van der Waals surface area contributed by atoms with Gasteiger partial charge in [0.2, 0.25) is 0 Å². The number of carbonyl (C=O) groups is 2. The van der Waals surface area contributed by atoms with Crippen LogP contribution in [0.1, 0.15) is 10.4 Å². The van der Waals surface area contributed by atoms with E-state index in [1.165, 1.54) is 19.2 Å². The molecule has 0 aliphatic carbocycles. The highest BCUT2D eigenvalue weighted by molar-refractivity contribution is 5.91. The number of amides is 1. The summed E-state index contributed by atoms with van der Waals surface area (Å²) in [5.74, 6) is 0.910. The number of aliphatic hydroxyl groups is 1. The molecule has 2 aromatic carbocycles. The highest BCUT2D eigenvalue weighted by Crippen LogP contribution is 2.16. The van der Waals surface area contributed by atoms with E-state index in [2.05, 4.69) is 15.4 Å². The van der Waals surface area contributed by atoms with E-state index < -0.39 is 18.2 Å². The summed E-state index contributed by atoms with van der Waals surface area (Å²) in [6.45, 7) is 1.05. The zero-order valence-corrected chi connectivity index (χ0v) is 16.9. The van der Waals surface area contributed by atoms with Gasteiger partial charge < -0.3 is 29.4 Å². The van der Waals surface area contributed by atoms with Crippen LogP contribution in [0, 0.1) is 0 Å². The molecule has 0 heterocycles. The number of hydrogen-bond acceptors (Lipinski definition) is 8. The maximum atomic E-state index is 12.0. The van der Waals surface area contributed by atoms with Crippen LogP contribution in [0.15, 0.2) is 48.5 Å². The molecule has 0 aliphatic heterocycles. The number of rotatable bonds is 11. The summed E-state index contributed by atoms with van der Waals surface area (Å²) in [7, 11) is 2.86. The molecule has 0 spiro atoms. The summed E-state index contributed by atoms with van der Waals surface area (Å²) in [6.07, 6.45) is -1.45. The molecule has 30 heavy (non-hydrogen) atoms. The molecular formula is C21H26N2O7. The van der Waals surface area contributed by atoms with E-state index in [4.69, 9.17) is 14.2 Å². The Kier molecular flexibility index (Phi) is 9.43. The fourth-order valence-corrected chi connectivity index (χ4v) is 2.35. The normalized spacial score (nSPS) is 11.3. The van der Waals surface area contributed by atoms with Gasteiger partial charge in [-0.3, -0.25) is 5.32 Å². The van der Waals surface area contributed by atoms with Gasteiger partial charge in [-0.1, -0.05) is 0 Å². The Hall–Kier alpha value is -3.30. The summed E-state index contributed by atoms with van der Waals surface area (Å²) in [5.41, 5.74) is 0.790. The third-order valence-corrected chi connectivity index (χ3v) is 3.95. The number of benzene rings is 2. The quantitative estimate of drug-likeness (QED) is 0.375. The van der Waals surface area contributed by atoms with Gasteiger partial charge >= 0.3 is 12.1 Å². The Bertz CT molecular complexity index is 794. The van der Waals surface area contributed by atoms with E-state index in [-0.39, 0.29) is 13.2 Å². The van der Waals surface area contributed by atoms with E-state index in [1.54, 1.807) is 19.2 Å². The third-order valence-electron chi connectivity index (χ3n) is 3.95. The van der Waals surface area contributed by atoms with Crippen molar-refractivity contribution in [2.75, 3.05) is 45.8 Å². The summed E-state index contributed by atoms with van der Waals surface area (Å²) >= 11 is 0. The second-order valence-electron chi connectivity index (χ2n) is 6.17. The van der Waals surface area contributed by atoms with Gasteiger partial charge in [0.15, 0.2) is 0 Å². The van der Waals surface area contributed by atoms with Crippen LogP contribution < -0.4 is 20.1 Å². The standard InChI is InChI=1S/C21H26N2O7/c1-27-18-7-9-19(10-8-18)29-12-11-22-13-17(24)14-30-20(25)15-3-5-16(6-4-15)23-21(26)28-2/h3-10,17,22,24H,11-14H2,1-2H3,(H,23,26). The van der Waals surface area contributed by atoms with Crippen molar-refractivity contribution in [1.29, 1.82) is 0 Å². The van der Waals surface area contributed by atoms with Crippen LogP contribution >= 0.6 is 0 Å². The fraction of sp³-hybridized carbons (Fsp3) is 0.333. The van der Waals surface area contributed by atoms with Crippen LogP contribution in [0.5, 0.6) is 11.5 Å². The van der Waals surface area contributed by atoms with E-state index in [9.17, 15) is 14.7 Å². The predicted molar refractivity (Wildman–Crippen MR) is 110 cm³/mol. The van der Waals surface area contributed by atoms with Gasteiger partial charge in [-0.15, -0.1) is 0 Å². The Balaban J connectivity index is 1.61. The second-order valence-corrected chi connectivity index (χ2v) is 6.17. The van der Waals surface area contributed by atoms with Crippen molar-refractivity contribution < 1.29 is 33.6 Å². The molecule has 0 saturated carbocycles. The number of esters is 1. The SMILES string of the molecule is COC(=O)Nc1ccc(C(=O)OCC(O)CNCCOc2ccc(OC)cc2)cc1. The largest absolute Gasteiger partial charge is 0.497 e. The lowest BCUT2D eigenvalue weighted by Gasteiger charge is -2.13. The number of ether oxygens (including phenoxy) is 4. The van der Waals surface area contributed by atoms with Crippen LogP contribution in [0.3, 0.4) is 0 Å². The first kappa shape index (κ1) is 23.0. The van der Waals surface area contributed by atoms with Crippen molar-refractivity contribution in [3.8, 4) is 11.5 Å². The van der Waals surface area contributed by atoms with Gasteiger partial charge in [0, 0.05) is 18.8 Å². The van der Waals surface area contributed by atoms with Crippen molar-refractivity contribution >= 4 is 17.7 Å². The number of methoxy groups -OCH3 is 2. The van der Waals surface area contributed by atoms with Crippen LogP contribution in [0.25, 0.3) is 0 Å². The number of anilines is 1. The molecule has 1 amide bonds. The average molecular weight is 418 g/mol. The van der Waals surface area contributed by atoms with Crippen molar-refractivity contribution in [3.63, 3.8) is 0 Å².